The molecular formula is C22H13Br. The second-order valence-corrected chi connectivity index (χ2v) is 6.02. The molecular weight excluding hydrogens is 344 g/mol. The Balaban J connectivity index is 2.22. The topological polar surface area (TPSA) is 0 Å². The second-order valence-electron chi connectivity index (χ2n) is 5.11. The summed E-state index contributed by atoms with van der Waals surface area (Å²) >= 11 is 3.60. The van der Waals surface area contributed by atoms with E-state index in [0.717, 1.165) is 37.9 Å². The first-order valence-electron chi connectivity index (χ1n) is 7.15. The molecule has 0 aliphatic rings. The molecule has 0 amide bonds. The van der Waals surface area contributed by atoms with Crippen LogP contribution < -0.4 is 0 Å². The fourth-order valence-electron chi connectivity index (χ4n) is 2.62. The summed E-state index contributed by atoms with van der Waals surface area (Å²) in [7, 11) is 0. The van der Waals surface area contributed by atoms with Gasteiger partial charge in [-0.25, -0.2) is 0 Å². The monoisotopic (exact) mass is 356 g/mol. The number of terminal acetylenes is 2. The van der Waals surface area contributed by atoms with Gasteiger partial charge in [0.05, 0.1) is 0 Å². The van der Waals surface area contributed by atoms with Crippen molar-refractivity contribution in [2.24, 2.45) is 0 Å². The zero-order valence-electron chi connectivity index (χ0n) is 12.4. The lowest BCUT2D eigenvalue weighted by Crippen LogP contribution is -1.88. The first-order valence-corrected chi connectivity index (χ1v) is 7.95. The van der Waals surface area contributed by atoms with Gasteiger partial charge in [-0.3, -0.25) is 0 Å². The molecule has 0 aliphatic carbocycles. The maximum Gasteiger partial charge on any atom is 0.0321 e. The zero-order valence-corrected chi connectivity index (χ0v) is 14.0. The van der Waals surface area contributed by atoms with E-state index in [9.17, 15) is 0 Å². The smallest absolute Gasteiger partial charge is 0.0321 e. The molecule has 0 nitrogen and oxygen atoms in total. The van der Waals surface area contributed by atoms with Crippen molar-refractivity contribution >= 4 is 15.9 Å². The Hall–Kier alpha value is -2.74. The fourth-order valence-corrected chi connectivity index (χ4v) is 3.12. The van der Waals surface area contributed by atoms with E-state index in [-0.39, 0.29) is 0 Å². The van der Waals surface area contributed by atoms with Gasteiger partial charge in [-0.15, -0.1) is 12.8 Å². The lowest BCUT2D eigenvalue weighted by Gasteiger charge is -2.11. The Morgan fingerprint density at radius 3 is 1.52 bits per heavy atom. The summed E-state index contributed by atoms with van der Waals surface area (Å²) in [6.45, 7) is 0. The van der Waals surface area contributed by atoms with Crippen LogP contribution in [0.5, 0.6) is 0 Å². The first kappa shape index (κ1) is 15.2. The molecule has 0 heterocycles. The van der Waals surface area contributed by atoms with E-state index in [4.69, 9.17) is 12.8 Å². The Labute approximate surface area is 145 Å². The Morgan fingerprint density at radius 1 is 0.652 bits per heavy atom. The van der Waals surface area contributed by atoms with Crippen molar-refractivity contribution in [1.82, 2.24) is 0 Å². The number of benzene rings is 3. The van der Waals surface area contributed by atoms with Crippen LogP contribution in [-0.4, -0.2) is 0 Å². The SMILES string of the molecule is C#Cc1ccccc1-c1cc(Br)cc(-c2ccccc2C#C)c1. The summed E-state index contributed by atoms with van der Waals surface area (Å²) in [5.41, 5.74) is 5.96. The number of rotatable bonds is 2. The molecule has 3 aromatic rings. The van der Waals surface area contributed by atoms with Crippen LogP contribution in [0.3, 0.4) is 0 Å². The van der Waals surface area contributed by atoms with Crippen molar-refractivity contribution in [2.75, 3.05) is 0 Å². The lowest BCUT2D eigenvalue weighted by molar-refractivity contribution is 1.54. The quantitative estimate of drug-likeness (QED) is 0.513. The molecule has 0 aliphatic heterocycles. The van der Waals surface area contributed by atoms with Crippen LogP contribution in [-0.2, 0) is 0 Å². The van der Waals surface area contributed by atoms with Crippen molar-refractivity contribution in [3.63, 3.8) is 0 Å². The summed E-state index contributed by atoms with van der Waals surface area (Å²) in [6.07, 6.45) is 11.3. The molecule has 3 aromatic carbocycles. The molecule has 0 N–H and O–H groups in total. The molecule has 0 unspecified atom stereocenters. The van der Waals surface area contributed by atoms with Gasteiger partial charge in [0.2, 0.25) is 0 Å². The maximum atomic E-state index is 5.63. The van der Waals surface area contributed by atoms with E-state index in [1.165, 1.54) is 0 Å². The number of hydrogen-bond acceptors (Lipinski definition) is 0. The highest BCUT2D eigenvalue weighted by Gasteiger charge is 2.09. The van der Waals surface area contributed by atoms with E-state index in [1.807, 2.05) is 48.5 Å². The van der Waals surface area contributed by atoms with Crippen molar-refractivity contribution in [1.29, 1.82) is 0 Å². The zero-order chi connectivity index (χ0) is 16.2. The van der Waals surface area contributed by atoms with Crippen LogP contribution in [0, 0.1) is 24.7 Å². The van der Waals surface area contributed by atoms with Crippen LogP contribution in [0.4, 0.5) is 0 Å². The van der Waals surface area contributed by atoms with Gasteiger partial charge in [-0.2, -0.15) is 0 Å². The highest BCUT2D eigenvalue weighted by Crippen LogP contribution is 2.33. The van der Waals surface area contributed by atoms with Gasteiger partial charge in [0.1, 0.15) is 0 Å². The minimum Gasteiger partial charge on any atom is -0.115 e. The van der Waals surface area contributed by atoms with Crippen LogP contribution in [0.25, 0.3) is 22.3 Å². The summed E-state index contributed by atoms with van der Waals surface area (Å²) < 4.78 is 0.989. The number of hydrogen-bond donors (Lipinski definition) is 0. The maximum absolute atomic E-state index is 5.63. The van der Waals surface area contributed by atoms with Crippen molar-refractivity contribution in [2.45, 2.75) is 0 Å². The van der Waals surface area contributed by atoms with E-state index < -0.39 is 0 Å². The van der Waals surface area contributed by atoms with Crippen molar-refractivity contribution < 1.29 is 0 Å². The van der Waals surface area contributed by atoms with Gasteiger partial charge in [0.25, 0.3) is 0 Å². The lowest BCUT2D eigenvalue weighted by atomic mass is 9.94. The summed E-state index contributed by atoms with van der Waals surface area (Å²) in [4.78, 5) is 0. The van der Waals surface area contributed by atoms with E-state index in [1.54, 1.807) is 0 Å². The second kappa shape index (κ2) is 6.57. The van der Waals surface area contributed by atoms with Crippen molar-refractivity contribution in [3.8, 4) is 46.9 Å². The first-order chi connectivity index (χ1) is 11.2. The molecule has 0 bridgehead atoms. The Bertz CT molecular complexity index is 876. The van der Waals surface area contributed by atoms with Gasteiger partial charge in [-0.1, -0.05) is 64.2 Å². The van der Waals surface area contributed by atoms with Gasteiger partial charge >= 0.3 is 0 Å². The van der Waals surface area contributed by atoms with Gasteiger partial charge in [0.15, 0.2) is 0 Å². The third-order valence-electron chi connectivity index (χ3n) is 3.68. The van der Waals surface area contributed by atoms with Gasteiger partial charge in [0, 0.05) is 15.6 Å². The largest absolute Gasteiger partial charge is 0.115 e. The minimum atomic E-state index is 0.877. The van der Waals surface area contributed by atoms with Crippen LogP contribution >= 0.6 is 15.9 Å². The highest BCUT2D eigenvalue weighted by molar-refractivity contribution is 9.10. The standard InChI is InChI=1S/C22H13Br/c1-3-16-9-5-7-11-21(16)18-13-19(15-20(23)14-18)22-12-8-6-10-17(22)4-2/h1-2,5-15H. The van der Waals surface area contributed by atoms with E-state index >= 15 is 0 Å². The molecule has 0 radical (unpaired) electrons. The predicted octanol–water partition coefficient (Wildman–Crippen LogP) is 5.75. The van der Waals surface area contributed by atoms with Gasteiger partial charge in [-0.05, 0) is 52.6 Å². The highest BCUT2D eigenvalue weighted by atomic mass is 79.9. The number of halogens is 1. The Morgan fingerprint density at radius 2 is 1.09 bits per heavy atom. The van der Waals surface area contributed by atoms with Gasteiger partial charge < -0.3 is 0 Å². The van der Waals surface area contributed by atoms with Crippen LogP contribution in [0.1, 0.15) is 11.1 Å². The normalized spacial score (nSPS) is 9.87. The minimum absolute atomic E-state index is 0.877. The van der Waals surface area contributed by atoms with Crippen LogP contribution in [0.2, 0.25) is 0 Å². The summed E-state index contributed by atoms with van der Waals surface area (Å²) in [5.74, 6) is 5.50. The molecule has 0 fully saturated rings. The molecule has 0 spiro atoms. The molecule has 108 valence electrons. The summed E-state index contributed by atoms with van der Waals surface area (Å²) in [5, 5.41) is 0. The van der Waals surface area contributed by atoms with E-state index in [2.05, 4.69) is 46.0 Å². The average molecular weight is 357 g/mol. The fraction of sp³-hybridized carbons (Fsp3) is 0. The molecule has 0 saturated carbocycles. The molecule has 0 saturated heterocycles. The van der Waals surface area contributed by atoms with Crippen LogP contribution in [0.15, 0.2) is 71.2 Å². The third-order valence-corrected chi connectivity index (χ3v) is 4.14. The molecule has 23 heavy (non-hydrogen) atoms. The average Bonchev–Trinajstić information content (AvgIpc) is 2.61. The predicted molar refractivity (Wildman–Crippen MR) is 101 cm³/mol. The molecule has 0 aromatic heterocycles. The molecule has 1 heteroatoms. The Kier molecular flexibility index (Phi) is 4.33. The van der Waals surface area contributed by atoms with E-state index in [0.29, 0.717) is 0 Å². The molecule has 3 rings (SSSR count). The summed E-state index contributed by atoms with van der Waals surface area (Å²) in [6, 6.07) is 22.1. The van der Waals surface area contributed by atoms with Crippen molar-refractivity contribution in [3.05, 3.63) is 82.3 Å². The third kappa shape index (κ3) is 3.07. The molecule has 0 atom stereocenters.